The van der Waals surface area contributed by atoms with Crippen molar-refractivity contribution < 1.29 is 14.3 Å². The summed E-state index contributed by atoms with van der Waals surface area (Å²) in [7, 11) is 1.59. The standard InChI is InChI=1S/C15H19NO3/c1-12(2)15(17)16-10-6-7-11-19-14-9-5-4-8-13(14)18-3/h4-5,8-9,12H,10-11H2,1-3H3,(H,16,17). The zero-order chi connectivity index (χ0) is 14.1. The molecule has 19 heavy (non-hydrogen) atoms. The van der Waals surface area contributed by atoms with Crippen LogP contribution in [0.2, 0.25) is 0 Å². The number of benzene rings is 1. The zero-order valence-corrected chi connectivity index (χ0v) is 11.5. The van der Waals surface area contributed by atoms with Gasteiger partial charge in [0.25, 0.3) is 0 Å². The molecule has 0 spiro atoms. The van der Waals surface area contributed by atoms with Crippen LogP contribution in [0.15, 0.2) is 24.3 Å². The Balaban J connectivity index is 2.33. The summed E-state index contributed by atoms with van der Waals surface area (Å²) >= 11 is 0. The Kier molecular flexibility index (Phi) is 6.31. The van der Waals surface area contributed by atoms with E-state index in [1.807, 2.05) is 38.1 Å². The third-order valence-corrected chi connectivity index (χ3v) is 2.37. The van der Waals surface area contributed by atoms with Crippen LogP contribution in [0.25, 0.3) is 0 Å². The van der Waals surface area contributed by atoms with Gasteiger partial charge in [0.1, 0.15) is 6.61 Å². The molecule has 0 aromatic heterocycles. The van der Waals surface area contributed by atoms with Crippen molar-refractivity contribution in [1.29, 1.82) is 0 Å². The van der Waals surface area contributed by atoms with Gasteiger partial charge in [-0.3, -0.25) is 4.79 Å². The van der Waals surface area contributed by atoms with Gasteiger partial charge in [0.2, 0.25) is 5.91 Å². The summed E-state index contributed by atoms with van der Waals surface area (Å²) in [5.41, 5.74) is 0. The number of hydrogen-bond donors (Lipinski definition) is 1. The van der Waals surface area contributed by atoms with Crippen LogP contribution in [-0.4, -0.2) is 26.2 Å². The topological polar surface area (TPSA) is 47.6 Å². The SMILES string of the molecule is COc1ccccc1OCC#CCNC(=O)C(C)C. The second-order valence-corrected chi connectivity index (χ2v) is 4.17. The average molecular weight is 261 g/mol. The third-order valence-electron chi connectivity index (χ3n) is 2.37. The van der Waals surface area contributed by atoms with Gasteiger partial charge in [-0.15, -0.1) is 0 Å². The maximum Gasteiger partial charge on any atom is 0.223 e. The first-order valence-corrected chi connectivity index (χ1v) is 6.14. The van der Waals surface area contributed by atoms with Gasteiger partial charge in [0, 0.05) is 5.92 Å². The van der Waals surface area contributed by atoms with Crippen LogP contribution in [0, 0.1) is 17.8 Å². The molecule has 102 valence electrons. The summed E-state index contributed by atoms with van der Waals surface area (Å²) in [6.45, 7) is 4.28. The molecule has 0 atom stereocenters. The minimum Gasteiger partial charge on any atom is -0.493 e. The number of methoxy groups -OCH3 is 1. The molecule has 0 saturated carbocycles. The quantitative estimate of drug-likeness (QED) is 0.823. The van der Waals surface area contributed by atoms with Crippen LogP contribution in [0.3, 0.4) is 0 Å². The van der Waals surface area contributed by atoms with E-state index < -0.39 is 0 Å². The molecule has 0 aliphatic rings. The number of ether oxygens (including phenoxy) is 2. The van der Waals surface area contributed by atoms with E-state index in [9.17, 15) is 4.79 Å². The Bertz CT molecular complexity index is 472. The second-order valence-electron chi connectivity index (χ2n) is 4.17. The van der Waals surface area contributed by atoms with Gasteiger partial charge < -0.3 is 14.8 Å². The predicted molar refractivity (Wildman–Crippen MR) is 74.1 cm³/mol. The molecule has 0 bridgehead atoms. The Morgan fingerprint density at radius 2 is 1.95 bits per heavy atom. The number of hydrogen-bond acceptors (Lipinski definition) is 3. The Morgan fingerprint density at radius 3 is 2.58 bits per heavy atom. The summed E-state index contributed by atoms with van der Waals surface area (Å²) < 4.78 is 10.6. The van der Waals surface area contributed by atoms with Crippen molar-refractivity contribution in [3.05, 3.63) is 24.3 Å². The molecule has 0 aliphatic carbocycles. The van der Waals surface area contributed by atoms with Crippen LogP contribution in [0.1, 0.15) is 13.8 Å². The minimum atomic E-state index is -0.0216. The van der Waals surface area contributed by atoms with Crippen LogP contribution in [-0.2, 0) is 4.79 Å². The van der Waals surface area contributed by atoms with E-state index >= 15 is 0 Å². The molecule has 4 nitrogen and oxygen atoms in total. The smallest absolute Gasteiger partial charge is 0.223 e. The van der Waals surface area contributed by atoms with Crippen molar-refractivity contribution in [1.82, 2.24) is 5.32 Å². The molecule has 1 N–H and O–H groups in total. The zero-order valence-electron chi connectivity index (χ0n) is 11.5. The predicted octanol–water partition coefficient (Wildman–Crippen LogP) is 1.85. The largest absolute Gasteiger partial charge is 0.493 e. The van der Waals surface area contributed by atoms with Crippen molar-refractivity contribution in [2.45, 2.75) is 13.8 Å². The molecule has 1 amide bonds. The normalized spacial score (nSPS) is 9.47. The van der Waals surface area contributed by atoms with Gasteiger partial charge in [-0.2, -0.15) is 0 Å². The van der Waals surface area contributed by atoms with Crippen molar-refractivity contribution in [3.8, 4) is 23.3 Å². The van der Waals surface area contributed by atoms with Gasteiger partial charge in [0.05, 0.1) is 13.7 Å². The van der Waals surface area contributed by atoms with Crippen LogP contribution in [0.5, 0.6) is 11.5 Å². The number of nitrogens with one attached hydrogen (secondary N) is 1. The lowest BCUT2D eigenvalue weighted by molar-refractivity contribution is -0.123. The maximum absolute atomic E-state index is 11.3. The lowest BCUT2D eigenvalue weighted by Gasteiger charge is -2.07. The molecule has 0 aliphatic heterocycles. The van der Waals surface area contributed by atoms with Crippen molar-refractivity contribution in [2.24, 2.45) is 5.92 Å². The molecule has 4 heteroatoms. The second kappa shape index (κ2) is 8.04. The Morgan fingerprint density at radius 1 is 1.26 bits per heavy atom. The minimum absolute atomic E-state index is 0.0000491. The Labute approximate surface area is 114 Å². The van der Waals surface area contributed by atoms with Gasteiger partial charge in [0.15, 0.2) is 11.5 Å². The van der Waals surface area contributed by atoms with Crippen LogP contribution in [0.4, 0.5) is 0 Å². The first-order valence-electron chi connectivity index (χ1n) is 6.14. The highest BCUT2D eigenvalue weighted by atomic mass is 16.5. The molecule has 1 aromatic rings. The van der Waals surface area contributed by atoms with E-state index in [0.29, 0.717) is 18.0 Å². The number of amides is 1. The first kappa shape index (κ1) is 14.9. The van der Waals surface area contributed by atoms with E-state index in [1.54, 1.807) is 7.11 Å². The highest BCUT2D eigenvalue weighted by Crippen LogP contribution is 2.25. The van der Waals surface area contributed by atoms with Crippen LogP contribution >= 0.6 is 0 Å². The van der Waals surface area contributed by atoms with Gasteiger partial charge in [-0.25, -0.2) is 0 Å². The van der Waals surface area contributed by atoms with E-state index in [-0.39, 0.29) is 18.4 Å². The lowest BCUT2D eigenvalue weighted by Crippen LogP contribution is -2.27. The number of para-hydroxylation sites is 2. The van der Waals surface area contributed by atoms with Gasteiger partial charge in [-0.1, -0.05) is 37.8 Å². The van der Waals surface area contributed by atoms with E-state index in [2.05, 4.69) is 17.2 Å². The Hall–Kier alpha value is -2.15. The van der Waals surface area contributed by atoms with Crippen LogP contribution < -0.4 is 14.8 Å². The summed E-state index contributed by atoms with van der Waals surface area (Å²) in [6.07, 6.45) is 0. The third kappa shape index (κ3) is 5.35. The molecule has 0 unspecified atom stereocenters. The molecule has 0 fully saturated rings. The molecule has 0 radical (unpaired) electrons. The van der Waals surface area contributed by atoms with Crippen molar-refractivity contribution >= 4 is 5.91 Å². The summed E-state index contributed by atoms with van der Waals surface area (Å²) in [5, 5.41) is 2.71. The number of carbonyl (C=O) groups is 1. The lowest BCUT2D eigenvalue weighted by atomic mass is 10.2. The fourth-order valence-corrected chi connectivity index (χ4v) is 1.30. The molecule has 1 rings (SSSR count). The monoisotopic (exact) mass is 261 g/mol. The van der Waals surface area contributed by atoms with E-state index in [1.165, 1.54) is 0 Å². The summed E-state index contributed by atoms with van der Waals surface area (Å²) in [4.78, 5) is 11.3. The van der Waals surface area contributed by atoms with E-state index in [4.69, 9.17) is 9.47 Å². The van der Waals surface area contributed by atoms with Gasteiger partial charge in [-0.05, 0) is 12.1 Å². The average Bonchev–Trinajstić information content (AvgIpc) is 2.42. The summed E-state index contributed by atoms with van der Waals surface area (Å²) in [5.74, 6) is 6.98. The molecular weight excluding hydrogens is 242 g/mol. The molecular formula is C15H19NO3. The van der Waals surface area contributed by atoms with E-state index in [0.717, 1.165) is 0 Å². The fraction of sp³-hybridized carbons (Fsp3) is 0.400. The molecule has 0 heterocycles. The van der Waals surface area contributed by atoms with Gasteiger partial charge >= 0.3 is 0 Å². The summed E-state index contributed by atoms with van der Waals surface area (Å²) in [6, 6.07) is 7.39. The maximum atomic E-state index is 11.3. The number of carbonyl (C=O) groups excluding carboxylic acids is 1. The molecule has 0 saturated heterocycles. The van der Waals surface area contributed by atoms with Crippen molar-refractivity contribution in [3.63, 3.8) is 0 Å². The fourth-order valence-electron chi connectivity index (χ4n) is 1.30. The van der Waals surface area contributed by atoms with Crippen molar-refractivity contribution in [2.75, 3.05) is 20.3 Å². The first-order chi connectivity index (χ1) is 9.15. The molecule has 1 aromatic carbocycles. The highest BCUT2D eigenvalue weighted by molar-refractivity contribution is 5.78. The highest BCUT2D eigenvalue weighted by Gasteiger charge is 2.03. The number of rotatable bonds is 5.